The zero-order valence-electron chi connectivity index (χ0n) is 20.4. The normalized spacial score (nSPS) is 13.1. The maximum atomic E-state index is 13.6. The van der Waals surface area contributed by atoms with E-state index >= 15 is 0 Å². The number of nitrogens with one attached hydrogen (secondary N) is 1. The third-order valence-corrected chi connectivity index (χ3v) is 7.74. The van der Waals surface area contributed by atoms with Crippen LogP contribution in [0, 0.1) is 5.82 Å². The maximum absolute atomic E-state index is 13.6. The summed E-state index contributed by atoms with van der Waals surface area (Å²) in [5.74, 6) is -1.48. The average molecular weight is 581 g/mol. The molecule has 0 aliphatic rings. The molecule has 0 saturated heterocycles. The van der Waals surface area contributed by atoms with E-state index < -0.39 is 34.3 Å². The number of hydrogen-bond acceptors (Lipinski definition) is 4. The number of rotatable bonds is 11. The zero-order chi connectivity index (χ0) is 27.2. The fourth-order valence-electron chi connectivity index (χ4n) is 3.45. The van der Waals surface area contributed by atoms with Crippen LogP contribution in [0.2, 0.25) is 15.1 Å². The molecule has 36 heavy (non-hydrogen) atoms. The van der Waals surface area contributed by atoms with Gasteiger partial charge in [0.15, 0.2) is 0 Å². The number of carbonyl (C=O) groups is 2. The van der Waals surface area contributed by atoms with Gasteiger partial charge in [-0.2, -0.15) is 0 Å². The molecule has 7 nitrogen and oxygen atoms in total. The van der Waals surface area contributed by atoms with E-state index in [1.54, 1.807) is 6.92 Å². The van der Waals surface area contributed by atoms with Gasteiger partial charge in [0.1, 0.15) is 18.4 Å². The molecule has 1 N–H and O–H groups in total. The van der Waals surface area contributed by atoms with Crippen molar-refractivity contribution in [2.24, 2.45) is 0 Å². The molecule has 0 aliphatic heterocycles. The summed E-state index contributed by atoms with van der Waals surface area (Å²) in [7, 11) is -4.00. The highest BCUT2D eigenvalue weighted by Gasteiger charge is 2.33. The van der Waals surface area contributed by atoms with Gasteiger partial charge in [0.25, 0.3) is 0 Å². The van der Waals surface area contributed by atoms with Crippen LogP contribution in [-0.2, 0) is 26.2 Å². The smallest absolute Gasteiger partial charge is 0.244 e. The quantitative estimate of drug-likeness (QED) is 0.367. The van der Waals surface area contributed by atoms with Crippen molar-refractivity contribution in [1.82, 2.24) is 10.2 Å². The van der Waals surface area contributed by atoms with Crippen LogP contribution in [0.3, 0.4) is 0 Å². The van der Waals surface area contributed by atoms with Gasteiger partial charge in [0, 0.05) is 12.6 Å². The first-order valence-electron chi connectivity index (χ1n) is 11.2. The van der Waals surface area contributed by atoms with Crippen molar-refractivity contribution < 1.29 is 22.4 Å². The van der Waals surface area contributed by atoms with Crippen molar-refractivity contribution in [3.05, 3.63) is 62.8 Å². The first kappa shape index (κ1) is 30.2. The number of nitrogens with zero attached hydrogens (tertiary/aromatic N) is 2. The van der Waals surface area contributed by atoms with E-state index in [9.17, 15) is 22.4 Å². The van der Waals surface area contributed by atoms with Gasteiger partial charge in [-0.05, 0) is 49.6 Å². The summed E-state index contributed by atoms with van der Waals surface area (Å²) in [6, 6.07) is 7.01. The second-order valence-electron chi connectivity index (χ2n) is 8.38. The summed E-state index contributed by atoms with van der Waals surface area (Å²) in [6.45, 7) is 4.81. The summed E-state index contributed by atoms with van der Waals surface area (Å²) in [5, 5.41) is 3.03. The van der Waals surface area contributed by atoms with E-state index in [4.69, 9.17) is 34.8 Å². The Morgan fingerprint density at radius 3 is 2.11 bits per heavy atom. The lowest BCUT2D eigenvalue weighted by Crippen LogP contribution is -2.53. The van der Waals surface area contributed by atoms with E-state index in [0.29, 0.717) is 12.0 Å². The Kier molecular flexibility index (Phi) is 10.8. The molecular formula is C24H29Cl3FN3O4S. The van der Waals surface area contributed by atoms with Crippen molar-refractivity contribution in [3.63, 3.8) is 0 Å². The van der Waals surface area contributed by atoms with Crippen molar-refractivity contribution in [3.8, 4) is 0 Å². The van der Waals surface area contributed by atoms with E-state index in [1.165, 1.54) is 41.3 Å². The topological polar surface area (TPSA) is 86.8 Å². The fourth-order valence-corrected chi connectivity index (χ4v) is 4.99. The maximum Gasteiger partial charge on any atom is 0.244 e. The molecule has 0 saturated carbocycles. The SMILES string of the molecule is CCC(C)NC(=O)C(CC)N(Cc1ccc(F)cc1)C(=O)CN(c1cc(Cl)c(Cl)cc1Cl)S(C)(=O)=O. The molecule has 0 fully saturated rings. The van der Waals surface area contributed by atoms with Gasteiger partial charge in [-0.25, -0.2) is 12.8 Å². The van der Waals surface area contributed by atoms with E-state index in [-0.39, 0.29) is 45.7 Å². The number of anilines is 1. The standard InChI is InChI=1S/C24H29Cl3FN3O4S/c1-5-15(3)29-24(33)21(6-2)30(13-16-7-9-17(28)10-8-16)23(32)14-31(36(4,34)35)22-12-19(26)18(25)11-20(22)27/h7-12,15,21H,5-6,13-14H2,1-4H3,(H,29,33). The molecule has 12 heteroatoms. The van der Waals surface area contributed by atoms with Crippen LogP contribution < -0.4 is 9.62 Å². The number of sulfonamides is 1. The highest BCUT2D eigenvalue weighted by molar-refractivity contribution is 7.92. The van der Waals surface area contributed by atoms with Crippen LogP contribution in [-0.4, -0.2) is 50.0 Å². The van der Waals surface area contributed by atoms with E-state index in [0.717, 1.165) is 10.6 Å². The minimum atomic E-state index is -4.00. The van der Waals surface area contributed by atoms with Crippen LogP contribution in [0.4, 0.5) is 10.1 Å². The summed E-state index contributed by atoms with van der Waals surface area (Å²) in [6.07, 6.45) is 1.88. The lowest BCUT2D eigenvalue weighted by molar-refractivity contribution is -0.140. The minimum absolute atomic E-state index is 0.0192. The van der Waals surface area contributed by atoms with Crippen LogP contribution in [0.5, 0.6) is 0 Å². The van der Waals surface area contributed by atoms with Gasteiger partial charge in [-0.3, -0.25) is 13.9 Å². The van der Waals surface area contributed by atoms with Gasteiger partial charge in [-0.1, -0.05) is 60.8 Å². The first-order valence-corrected chi connectivity index (χ1v) is 14.2. The zero-order valence-corrected chi connectivity index (χ0v) is 23.5. The number of benzene rings is 2. The molecule has 2 rings (SSSR count). The van der Waals surface area contributed by atoms with Gasteiger partial charge >= 0.3 is 0 Å². The Bertz CT molecular complexity index is 1200. The largest absolute Gasteiger partial charge is 0.352 e. The molecule has 2 aromatic rings. The highest BCUT2D eigenvalue weighted by atomic mass is 35.5. The molecule has 198 valence electrons. The summed E-state index contributed by atoms with van der Waals surface area (Å²) >= 11 is 18.3. The van der Waals surface area contributed by atoms with Crippen LogP contribution in [0.15, 0.2) is 36.4 Å². The van der Waals surface area contributed by atoms with Gasteiger partial charge in [0.05, 0.1) is 27.0 Å². The van der Waals surface area contributed by atoms with E-state index in [1.807, 2.05) is 13.8 Å². The summed E-state index contributed by atoms with van der Waals surface area (Å²) in [4.78, 5) is 28.0. The number of carbonyl (C=O) groups excluding carboxylic acids is 2. The Balaban J connectivity index is 2.50. The van der Waals surface area contributed by atoms with Crippen LogP contribution in [0.25, 0.3) is 0 Å². The monoisotopic (exact) mass is 579 g/mol. The molecule has 0 heterocycles. The predicted octanol–water partition coefficient (Wildman–Crippen LogP) is 5.27. The number of amides is 2. The van der Waals surface area contributed by atoms with Crippen molar-refractivity contribution in [1.29, 1.82) is 0 Å². The molecule has 2 unspecified atom stereocenters. The lowest BCUT2D eigenvalue weighted by Gasteiger charge is -2.33. The number of halogens is 4. The fraction of sp³-hybridized carbons (Fsp3) is 0.417. The number of hydrogen-bond donors (Lipinski definition) is 1. The molecular weight excluding hydrogens is 552 g/mol. The molecule has 0 aliphatic carbocycles. The van der Waals surface area contributed by atoms with E-state index in [2.05, 4.69) is 5.32 Å². The lowest BCUT2D eigenvalue weighted by atomic mass is 10.1. The third-order valence-electron chi connectivity index (χ3n) is 5.59. The van der Waals surface area contributed by atoms with Crippen molar-refractivity contribution in [2.45, 2.75) is 52.2 Å². The summed E-state index contributed by atoms with van der Waals surface area (Å²) < 4.78 is 39.7. The van der Waals surface area contributed by atoms with Crippen LogP contribution >= 0.6 is 34.8 Å². The second-order valence-corrected chi connectivity index (χ2v) is 11.5. The predicted molar refractivity (Wildman–Crippen MR) is 143 cm³/mol. The van der Waals surface area contributed by atoms with Gasteiger partial charge < -0.3 is 10.2 Å². The minimum Gasteiger partial charge on any atom is -0.352 e. The third kappa shape index (κ3) is 7.96. The van der Waals surface area contributed by atoms with Gasteiger partial charge in [0.2, 0.25) is 21.8 Å². The molecule has 0 aromatic heterocycles. The Hall–Kier alpha value is -2.07. The summed E-state index contributed by atoms with van der Waals surface area (Å²) in [5.41, 5.74) is 0.541. The molecule has 2 aromatic carbocycles. The first-order chi connectivity index (χ1) is 16.8. The Labute approximate surface area is 226 Å². The van der Waals surface area contributed by atoms with Crippen molar-refractivity contribution >= 4 is 62.3 Å². The highest BCUT2D eigenvalue weighted by Crippen LogP contribution is 2.35. The molecule has 0 bridgehead atoms. The molecule has 0 radical (unpaired) electrons. The molecule has 0 spiro atoms. The molecule has 2 amide bonds. The molecule has 2 atom stereocenters. The second kappa shape index (κ2) is 12.9. The van der Waals surface area contributed by atoms with Gasteiger partial charge in [-0.15, -0.1) is 0 Å². The van der Waals surface area contributed by atoms with Crippen molar-refractivity contribution in [2.75, 3.05) is 17.1 Å². The Morgan fingerprint density at radius 2 is 1.58 bits per heavy atom. The Morgan fingerprint density at radius 1 is 1.00 bits per heavy atom. The average Bonchev–Trinajstić information content (AvgIpc) is 2.80. The van der Waals surface area contributed by atoms with Crippen LogP contribution in [0.1, 0.15) is 39.2 Å².